The van der Waals surface area contributed by atoms with Crippen molar-refractivity contribution < 1.29 is 9.84 Å². The second kappa shape index (κ2) is 6.25. The molecule has 0 heterocycles. The normalized spacial score (nSPS) is 12.1. The summed E-state index contributed by atoms with van der Waals surface area (Å²) in [6, 6.07) is 15.2. The van der Waals surface area contributed by atoms with Gasteiger partial charge in [-0.05, 0) is 42.3 Å². The van der Waals surface area contributed by atoms with Crippen LogP contribution in [0.2, 0.25) is 0 Å². The molecule has 3 heteroatoms. The zero-order valence-corrected chi connectivity index (χ0v) is 11.0. The molecule has 0 spiro atoms. The summed E-state index contributed by atoms with van der Waals surface area (Å²) in [5.74, 6) is 1.32. The highest BCUT2D eigenvalue weighted by Crippen LogP contribution is 2.29. The topological polar surface area (TPSA) is 55.5 Å². The molecule has 0 bridgehead atoms. The van der Waals surface area contributed by atoms with Crippen molar-refractivity contribution in [1.29, 1.82) is 0 Å². The molecule has 100 valence electrons. The number of para-hydroxylation sites is 1. The van der Waals surface area contributed by atoms with Gasteiger partial charge in [-0.1, -0.05) is 30.3 Å². The summed E-state index contributed by atoms with van der Waals surface area (Å²) < 4.78 is 5.38. The summed E-state index contributed by atoms with van der Waals surface area (Å²) in [5, 5.41) is 9.51. The molecule has 2 aromatic carbocycles. The van der Waals surface area contributed by atoms with E-state index in [1.165, 1.54) is 0 Å². The van der Waals surface area contributed by atoms with Gasteiger partial charge in [-0.3, -0.25) is 0 Å². The lowest BCUT2D eigenvalue weighted by Gasteiger charge is -2.18. The maximum absolute atomic E-state index is 9.51. The molecule has 0 aliphatic carbocycles. The molecule has 0 aliphatic rings. The number of hydrogen-bond donors (Lipinski definition) is 2. The zero-order valence-electron chi connectivity index (χ0n) is 11.0. The number of phenolic OH excluding ortho intramolecular Hbond substituents is 1. The van der Waals surface area contributed by atoms with Crippen LogP contribution in [0.1, 0.15) is 17.0 Å². The molecule has 3 N–H and O–H groups in total. The Morgan fingerprint density at radius 3 is 2.63 bits per heavy atom. The lowest BCUT2D eigenvalue weighted by molar-refractivity contribution is 0.405. The predicted octanol–water partition coefficient (Wildman–Crippen LogP) is 2.69. The Morgan fingerprint density at radius 2 is 1.95 bits per heavy atom. The van der Waals surface area contributed by atoms with Crippen LogP contribution >= 0.6 is 0 Å². The first kappa shape index (κ1) is 13.4. The van der Waals surface area contributed by atoms with Crippen LogP contribution < -0.4 is 10.5 Å². The van der Waals surface area contributed by atoms with Crippen molar-refractivity contribution in [3.05, 3.63) is 59.7 Å². The first-order valence-electron chi connectivity index (χ1n) is 6.35. The molecule has 1 unspecified atom stereocenters. The second-order valence-corrected chi connectivity index (χ2v) is 4.55. The van der Waals surface area contributed by atoms with Crippen LogP contribution in [0.4, 0.5) is 0 Å². The van der Waals surface area contributed by atoms with Crippen molar-refractivity contribution in [3.63, 3.8) is 0 Å². The van der Waals surface area contributed by atoms with Crippen molar-refractivity contribution in [1.82, 2.24) is 0 Å². The van der Waals surface area contributed by atoms with E-state index in [0.717, 1.165) is 23.3 Å². The monoisotopic (exact) mass is 257 g/mol. The van der Waals surface area contributed by atoms with Gasteiger partial charge in [0.05, 0.1) is 7.11 Å². The van der Waals surface area contributed by atoms with Gasteiger partial charge in [0.2, 0.25) is 0 Å². The standard InChI is InChI=1S/C16H19NO2/c1-19-16-8-3-2-7-15(16)13(11-17)9-12-5-4-6-14(18)10-12/h2-8,10,13,18H,9,11,17H2,1H3. The molecule has 0 saturated carbocycles. The van der Waals surface area contributed by atoms with Gasteiger partial charge in [0.15, 0.2) is 0 Å². The molecule has 2 aromatic rings. The van der Waals surface area contributed by atoms with Crippen molar-refractivity contribution >= 4 is 0 Å². The highest BCUT2D eigenvalue weighted by Gasteiger charge is 2.15. The highest BCUT2D eigenvalue weighted by molar-refractivity contribution is 5.38. The number of methoxy groups -OCH3 is 1. The Kier molecular flexibility index (Phi) is 4.42. The molecule has 1 atom stereocenters. The number of hydrogen-bond acceptors (Lipinski definition) is 3. The third-order valence-electron chi connectivity index (χ3n) is 3.26. The fourth-order valence-corrected chi connectivity index (χ4v) is 2.29. The largest absolute Gasteiger partial charge is 0.508 e. The second-order valence-electron chi connectivity index (χ2n) is 4.55. The van der Waals surface area contributed by atoms with E-state index in [9.17, 15) is 5.11 Å². The van der Waals surface area contributed by atoms with Gasteiger partial charge in [-0.25, -0.2) is 0 Å². The summed E-state index contributed by atoms with van der Waals surface area (Å²) >= 11 is 0. The van der Waals surface area contributed by atoms with Crippen LogP contribution in [0.5, 0.6) is 11.5 Å². The fraction of sp³-hybridized carbons (Fsp3) is 0.250. The molecule has 0 amide bonds. The maximum Gasteiger partial charge on any atom is 0.122 e. The summed E-state index contributed by atoms with van der Waals surface area (Å²) in [4.78, 5) is 0. The number of ether oxygens (including phenoxy) is 1. The Balaban J connectivity index is 2.25. The summed E-state index contributed by atoms with van der Waals surface area (Å²) in [6.07, 6.45) is 0.783. The van der Waals surface area contributed by atoms with Gasteiger partial charge < -0.3 is 15.6 Å². The molecule has 2 rings (SSSR count). The summed E-state index contributed by atoms with van der Waals surface area (Å²) in [5.41, 5.74) is 8.07. The van der Waals surface area contributed by atoms with E-state index in [0.29, 0.717) is 6.54 Å². The van der Waals surface area contributed by atoms with Crippen LogP contribution in [0, 0.1) is 0 Å². The fourth-order valence-electron chi connectivity index (χ4n) is 2.29. The van der Waals surface area contributed by atoms with Crippen LogP contribution in [-0.2, 0) is 6.42 Å². The first-order valence-corrected chi connectivity index (χ1v) is 6.35. The Labute approximate surface area is 113 Å². The van der Waals surface area contributed by atoms with E-state index in [4.69, 9.17) is 10.5 Å². The van der Waals surface area contributed by atoms with Gasteiger partial charge in [0, 0.05) is 5.92 Å². The van der Waals surface area contributed by atoms with Crippen LogP contribution in [0.15, 0.2) is 48.5 Å². The number of phenols is 1. The zero-order chi connectivity index (χ0) is 13.7. The quantitative estimate of drug-likeness (QED) is 0.866. The Morgan fingerprint density at radius 1 is 1.16 bits per heavy atom. The average molecular weight is 257 g/mol. The van der Waals surface area contributed by atoms with E-state index in [-0.39, 0.29) is 11.7 Å². The molecule has 0 radical (unpaired) electrons. The SMILES string of the molecule is COc1ccccc1C(CN)Cc1cccc(O)c1. The minimum absolute atomic E-state index is 0.179. The van der Waals surface area contributed by atoms with Crippen LogP contribution in [0.3, 0.4) is 0 Å². The average Bonchev–Trinajstić information content (AvgIpc) is 2.45. The Bertz CT molecular complexity index is 540. The molecule has 0 fully saturated rings. The van der Waals surface area contributed by atoms with Crippen LogP contribution in [0.25, 0.3) is 0 Å². The van der Waals surface area contributed by atoms with Crippen molar-refractivity contribution in [2.24, 2.45) is 5.73 Å². The number of benzene rings is 2. The Hall–Kier alpha value is -2.00. The third-order valence-corrected chi connectivity index (χ3v) is 3.26. The first-order chi connectivity index (χ1) is 9.24. The smallest absolute Gasteiger partial charge is 0.122 e. The molecular weight excluding hydrogens is 238 g/mol. The van der Waals surface area contributed by atoms with E-state index in [1.807, 2.05) is 36.4 Å². The molecule has 0 aromatic heterocycles. The van der Waals surface area contributed by atoms with Crippen LogP contribution in [-0.4, -0.2) is 18.8 Å². The third kappa shape index (κ3) is 3.26. The molecule has 19 heavy (non-hydrogen) atoms. The number of rotatable bonds is 5. The van der Waals surface area contributed by atoms with Crippen molar-refractivity contribution in [3.8, 4) is 11.5 Å². The minimum atomic E-state index is 0.179. The molecular formula is C16H19NO2. The van der Waals surface area contributed by atoms with Gasteiger partial charge >= 0.3 is 0 Å². The lowest BCUT2D eigenvalue weighted by atomic mass is 9.91. The van der Waals surface area contributed by atoms with E-state index < -0.39 is 0 Å². The van der Waals surface area contributed by atoms with E-state index in [2.05, 4.69) is 0 Å². The van der Waals surface area contributed by atoms with Gasteiger partial charge in [0.25, 0.3) is 0 Å². The predicted molar refractivity (Wildman–Crippen MR) is 76.6 cm³/mol. The number of aromatic hydroxyl groups is 1. The van der Waals surface area contributed by atoms with Gasteiger partial charge in [0.1, 0.15) is 11.5 Å². The van der Waals surface area contributed by atoms with E-state index >= 15 is 0 Å². The summed E-state index contributed by atoms with van der Waals surface area (Å²) in [6.45, 7) is 0.538. The molecule has 0 aliphatic heterocycles. The molecule has 0 saturated heterocycles. The number of nitrogens with two attached hydrogens (primary N) is 1. The van der Waals surface area contributed by atoms with Crippen molar-refractivity contribution in [2.45, 2.75) is 12.3 Å². The maximum atomic E-state index is 9.51. The molecule has 3 nitrogen and oxygen atoms in total. The minimum Gasteiger partial charge on any atom is -0.508 e. The van der Waals surface area contributed by atoms with E-state index in [1.54, 1.807) is 19.2 Å². The van der Waals surface area contributed by atoms with Gasteiger partial charge in [-0.2, -0.15) is 0 Å². The van der Waals surface area contributed by atoms with Gasteiger partial charge in [-0.15, -0.1) is 0 Å². The highest BCUT2D eigenvalue weighted by atomic mass is 16.5. The lowest BCUT2D eigenvalue weighted by Crippen LogP contribution is -2.15. The van der Waals surface area contributed by atoms with Crippen molar-refractivity contribution in [2.75, 3.05) is 13.7 Å². The summed E-state index contributed by atoms with van der Waals surface area (Å²) in [7, 11) is 1.67.